The minimum absolute atomic E-state index is 1.25. The standard InChI is InChI=1S/C12H13N.4C2H6/c1-9-10(2)13-8-12(9)11-6-4-3-5-7-11;4*1-2/h3-8,13H,1-2H3;4*1-2H3. The van der Waals surface area contributed by atoms with Gasteiger partial charge < -0.3 is 4.98 Å². The van der Waals surface area contributed by atoms with Crippen molar-refractivity contribution in [2.24, 2.45) is 0 Å². The SMILES string of the molecule is CC.CC.CC.CC.Cc1[nH]cc(-c2ccccc2)c1C. The largest absolute Gasteiger partial charge is 0.364 e. The van der Waals surface area contributed by atoms with E-state index in [1.165, 1.54) is 22.4 Å². The van der Waals surface area contributed by atoms with Crippen molar-refractivity contribution < 1.29 is 0 Å². The van der Waals surface area contributed by atoms with E-state index >= 15 is 0 Å². The van der Waals surface area contributed by atoms with Crippen LogP contribution < -0.4 is 0 Å². The van der Waals surface area contributed by atoms with Gasteiger partial charge in [-0.25, -0.2) is 0 Å². The van der Waals surface area contributed by atoms with Crippen molar-refractivity contribution >= 4 is 0 Å². The Labute approximate surface area is 133 Å². The predicted octanol–water partition coefficient (Wildman–Crippen LogP) is 7.40. The van der Waals surface area contributed by atoms with E-state index in [-0.39, 0.29) is 0 Å². The van der Waals surface area contributed by atoms with Gasteiger partial charge in [0, 0.05) is 17.5 Å². The molecule has 0 aliphatic rings. The molecule has 2 aromatic rings. The molecule has 0 radical (unpaired) electrons. The second-order valence-electron chi connectivity index (χ2n) is 3.32. The molecule has 0 saturated heterocycles. The van der Waals surface area contributed by atoms with Crippen molar-refractivity contribution in [1.29, 1.82) is 0 Å². The van der Waals surface area contributed by atoms with E-state index in [0.717, 1.165) is 0 Å². The highest BCUT2D eigenvalue weighted by Crippen LogP contribution is 2.24. The molecule has 0 aliphatic carbocycles. The summed E-state index contributed by atoms with van der Waals surface area (Å²) in [6.07, 6.45) is 2.07. The Bertz CT molecular complexity index is 399. The zero-order valence-corrected chi connectivity index (χ0v) is 16.0. The number of hydrogen-bond acceptors (Lipinski definition) is 0. The summed E-state index contributed by atoms with van der Waals surface area (Å²) in [5.41, 5.74) is 5.17. The first-order chi connectivity index (χ1) is 10.3. The Morgan fingerprint density at radius 2 is 1.10 bits per heavy atom. The molecule has 1 aromatic heterocycles. The second kappa shape index (κ2) is 18.5. The van der Waals surface area contributed by atoms with Crippen molar-refractivity contribution in [3.8, 4) is 11.1 Å². The van der Waals surface area contributed by atoms with Crippen LogP contribution in [0.4, 0.5) is 0 Å². The van der Waals surface area contributed by atoms with Gasteiger partial charge in [-0.3, -0.25) is 0 Å². The van der Waals surface area contributed by atoms with Gasteiger partial charge in [-0.2, -0.15) is 0 Å². The number of aromatic amines is 1. The molecule has 0 amide bonds. The third-order valence-electron chi connectivity index (χ3n) is 2.48. The van der Waals surface area contributed by atoms with Crippen molar-refractivity contribution in [3.63, 3.8) is 0 Å². The fraction of sp³-hybridized carbons (Fsp3) is 0.500. The molecule has 0 bridgehead atoms. The lowest BCUT2D eigenvalue weighted by atomic mass is 10.0. The average molecular weight is 292 g/mol. The maximum atomic E-state index is 3.24. The molecule has 0 aliphatic heterocycles. The maximum Gasteiger partial charge on any atom is 0.0151 e. The molecule has 1 N–H and O–H groups in total. The minimum Gasteiger partial charge on any atom is -0.364 e. The minimum atomic E-state index is 1.25. The van der Waals surface area contributed by atoms with Gasteiger partial charge in [0.1, 0.15) is 0 Å². The Morgan fingerprint density at radius 1 is 0.667 bits per heavy atom. The molecule has 1 aromatic carbocycles. The van der Waals surface area contributed by atoms with E-state index in [4.69, 9.17) is 0 Å². The monoisotopic (exact) mass is 291 g/mol. The van der Waals surface area contributed by atoms with Crippen LogP contribution >= 0.6 is 0 Å². The van der Waals surface area contributed by atoms with Gasteiger partial charge in [-0.05, 0) is 25.0 Å². The van der Waals surface area contributed by atoms with Crippen LogP contribution in [-0.4, -0.2) is 4.98 Å². The molecular formula is C20H37N. The third kappa shape index (κ3) is 9.12. The Kier molecular flexibility index (Phi) is 21.6. The normalized spacial score (nSPS) is 7.52. The van der Waals surface area contributed by atoms with Gasteiger partial charge in [0.25, 0.3) is 0 Å². The summed E-state index contributed by atoms with van der Waals surface area (Å²) in [6, 6.07) is 10.4. The van der Waals surface area contributed by atoms with Crippen molar-refractivity contribution in [3.05, 3.63) is 47.8 Å². The highest BCUT2D eigenvalue weighted by atomic mass is 14.7. The summed E-state index contributed by atoms with van der Waals surface area (Å²) < 4.78 is 0. The molecule has 0 fully saturated rings. The van der Waals surface area contributed by atoms with Crippen LogP contribution in [0.15, 0.2) is 36.5 Å². The molecule has 0 atom stereocenters. The fourth-order valence-electron chi connectivity index (χ4n) is 1.52. The van der Waals surface area contributed by atoms with E-state index in [0.29, 0.717) is 0 Å². The van der Waals surface area contributed by atoms with Gasteiger partial charge >= 0.3 is 0 Å². The lowest BCUT2D eigenvalue weighted by molar-refractivity contribution is 1.23. The molecular weight excluding hydrogens is 254 g/mol. The summed E-state index contributed by atoms with van der Waals surface area (Å²) in [7, 11) is 0. The first-order valence-electron chi connectivity index (χ1n) is 8.49. The summed E-state index contributed by atoms with van der Waals surface area (Å²) >= 11 is 0. The molecule has 2 rings (SSSR count). The Morgan fingerprint density at radius 3 is 1.43 bits per heavy atom. The van der Waals surface area contributed by atoms with Gasteiger partial charge in [0.2, 0.25) is 0 Å². The molecule has 21 heavy (non-hydrogen) atoms. The number of aryl methyl sites for hydroxylation is 1. The van der Waals surface area contributed by atoms with Crippen LogP contribution in [0, 0.1) is 13.8 Å². The zero-order chi connectivity index (χ0) is 17.3. The fourth-order valence-corrected chi connectivity index (χ4v) is 1.52. The molecule has 0 spiro atoms. The van der Waals surface area contributed by atoms with Crippen molar-refractivity contribution in [2.75, 3.05) is 0 Å². The van der Waals surface area contributed by atoms with Gasteiger partial charge in [-0.1, -0.05) is 85.7 Å². The summed E-state index contributed by atoms with van der Waals surface area (Å²) in [5, 5.41) is 0. The first-order valence-corrected chi connectivity index (χ1v) is 8.49. The summed E-state index contributed by atoms with van der Waals surface area (Å²) in [4.78, 5) is 3.24. The van der Waals surface area contributed by atoms with Gasteiger partial charge in [0.15, 0.2) is 0 Å². The summed E-state index contributed by atoms with van der Waals surface area (Å²) in [6.45, 7) is 20.2. The van der Waals surface area contributed by atoms with Crippen molar-refractivity contribution in [2.45, 2.75) is 69.2 Å². The molecule has 0 saturated carbocycles. The van der Waals surface area contributed by atoms with Crippen LogP contribution in [0.25, 0.3) is 11.1 Å². The summed E-state index contributed by atoms with van der Waals surface area (Å²) in [5.74, 6) is 0. The van der Waals surface area contributed by atoms with Gasteiger partial charge in [0.05, 0.1) is 0 Å². The van der Waals surface area contributed by atoms with E-state index in [1.807, 2.05) is 61.5 Å². The number of nitrogens with one attached hydrogen (secondary N) is 1. The molecule has 1 heterocycles. The molecule has 1 heteroatoms. The highest BCUT2D eigenvalue weighted by Gasteiger charge is 2.03. The molecule has 122 valence electrons. The van der Waals surface area contributed by atoms with Crippen LogP contribution in [-0.2, 0) is 0 Å². The quantitative estimate of drug-likeness (QED) is 0.563. The number of aromatic nitrogens is 1. The number of benzene rings is 1. The van der Waals surface area contributed by atoms with E-state index in [2.05, 4.69) is 49.3 Å². The van der Waals surface area contributed by atoms with E-state index in [1.54, 1.807) is 0 Å². The van der Waals surface area contributed by atoms with Crippen LogP contribution in [0.2, 0.25) is 0 Å². The van der Waals surface area contributed by atoms with E-state index in [9.17, 15) is 0 Å². The Balaban J connectivity index is -0.000000353. The smallest absolute Gasteiger partial charge is 0.0151 e. The lowest BCUT2D eigenvalue weighted by Gasteiger charge is -1.99. The first kappa shape index (κ1) is 24.5. The molecule has 0 unspecified atom stereocenters. The van der Waals surface area contributed by atoms with Crippen LogP contribution in [0.5, 0.6) is 0 Å². The number of H-pyrrole nitrogens is 1. The predicted molar refractivity (Wildman–Crippen MR) is 101 cm³/mol. The maximum absolute atomic E-state index is 3.24. The zero-order valence-electron chi connectivity index (χ0n) is 16.0. The topological polar surface area (TPSA) is 15.8 Å². The van der Waals surface area contributed by atoms with Crippen molar-refractivity contribution in [1.82, 2.24) is 4.98 Å². The van der Waals surface area contributed by atoms with Crippen LogP contribution in [0.1, 0.15) is 66.6 Å². The number of rotatable bonds is 1. The second-order valence-corrected chi connectivity index (χ2v) is 3.32. The van der Waals surface area contributed by atoms with Gasteiger partial charge in [-0.15, -0.1) is 0 Å². The Hall–Kier alpha value is -1.50. The molecule has 1 nitrogen and oxygen atoms in total. The highest BCUT2D eigenvalue weighted by molar-refractivity contribution is 5.67. The van der Waals surface area contributed by atoms with Crippen LogP contribution in [0.3, 0.4) is 0 Å². The van der Waals surface area contributed by atoms with E-state index < -0.39 is 0 Å². The third-order valence-corrected chi connectivity index (χ3v) is 2.48. The lowest BCUT2D eigenvalue weighted by Crippen LogP contribution is -1.77. The number of hydrogen-bond donors (Lipinski definition) is 1. The average Bonchev–Trinajstić information content (AvgIpc) is 2.95.